The maximum Gasteiger partial charge on any atom is 5.00 e. The van der Waals surface area contributed by atoms with E-state index in [4.69, 9.17) is 0 Å². The Labute approximate surface area is 119 Å². The molecular weight excluding hydrogens is 358 g/mol. The Balaban J connectivity index is 0. The zero-order valence-corrected chi connectivity index (χ0v) is 11.5. The molecule has 0 saturated heterocycles. The summed E-state index contributed by atoms with van der Waals surface area (Å²) < 4.78 is 0. The van der Waals surface area contributed by atoms with Gasteiger partial charge in [0, 0.05) is 0 Å². The van der Waals surface area contributed by atoms with Crippen LogP contribution in [0.2, 0.25) is 0 Å². The summed E-state index contributed by atoms with van der Waals surface area (Å²) in [4.78, 5) is 0. The van der Waals surface area contributed by atoms with Crippen LogP contribution in [0.3, 0.4) is 0 Å². The second-order valence-electron chi connectivity index (χ2n) is 0. The molecule has 11 heteroatoms. The molecule has 0 aliphatic carbocycles. The molecule has 0 aromatic rings. The van der Waals surface area contributed by atoms with E-state index in [9.17, 15) is 0 Å². The van der Waals surface area contributed by atoms with Crippen LogP contribution in [0.4, 0.5) is 0 Å². The zero-order valence-electron chi connectivity index (χ0n) is 4.95. The number of hydrogen-bond donors (Lipinski definition) is 0. The first-order valence-corrected chi connectivity index (χ1v) is 0. The quantitative estimate of drug-likeness (QED) is 0.483. The molecule has 0 aromatic heterocycles. The number of hydrogen-bond acceptors (Lipinski definition) is 4. The minimum atomic E-state index is 0. The van der Waals surface area contributed by atoms with Gasteiger partial charge >= 0.3 is 76.8 Å². The van der Waals surface area contributed by atoms with Gasteiger partial charge in [-0.1, -0.05) is 0 Å². The first-order valence-electron chi connectivity index (χ1n) is 0. The van der Waals surface area contributed by atoms with E-state index in [0.717, 1.165) is 0 Å². The van der Waals surface area contributed by atoms with Crippen LogP contribution in [0.5, 0.6) is 0 Å². The van der Waals surface area contributed by atoms with E-state index in [0.29, 0.717) is 0 Å². The third kappa shape index (κ3) is 256. The van der Waals surface area contributed by atoms with Gasteiger partial charge < -0.3 is 43.8 Å². The fraction of sp³-hybridized carbons (Fsp3) is 0. The first kappa shape index (κ1) is 396. The van der Waals surface area contributed by atoms with Gasteiger partial charge in [0.05, 0.1) is 0 Å². The first-order chi connectivity index (χ1) is 0. The van der Waals surface area contributed by atoms with Gasteiger partial charge in [0.25, 0.3) is 0 Å². The van der Waals surface area contributed by atoms with Gasteiger partial charge in [0.1, 0.15) is 0 Å². The van der Waals surface area contributed by atoms with Crippen LogP contribution in [-0.2, 0) is 98.7 Å². The molecule has 0 unspecified atom stereocenters. The van der Waals surface area contributed by atoms with Crippen LogP contribution < -0.4 is 0 Å². The maximum atomic E-state index is 0. The number of rotatable bonds is 0. The molecule has 0 heterocycles. The largest absolute Gasteiger partial charge is 5.00 e. The Morgan fingerprint density at radius 1 is 0.455 bits per heavy atom. The molecule has 0 aliphatic heterocycles. The molecule has 0 spiro atoms. The fourth-order valence-electron chi connectivity index (χ4n) is 0. The third-order valence-electron chi connectivity index (χ3n) is 0. The molecule has 0 amide bonds. The smallest absolute Gasteiger partial charge is 2.00 e. The molecule has 0 radical (unpaired) electrons. The normalized spacial score (nSPS) is 0. The molecule has 4 N–H and O–H groups in total. The monoisotopic (exact) mass is 362 g/mol. The maximum absolute atomic E-state index is 0. The topological polar surface area (TPSA) is 234 Å². The van der Waals surface area contributed by atoms with Crippen LogP contribution in [0, 0.1) is 0 Å². The second-order valence-corrected chi connectivity index (χ2v) is 0. The molecule has 0 aliphatic rings. The van der Waals surface area contributed by atoms with Crippen LogP contribution in [0.25, 0.3) is 0 Å². The summed E-state index contributed by atoms with van der Waals surface area (Å²) >= 11 is 0. The Morgan fingerprint density at radius 2 is 0.455 bits per heavy atom. The minimum absolute atomic E-state index is 0. The Morgan fingerprint density at radius 3 is 0.455 bits per heavy atom. The van der Waals surface area contributed by atoms with Gasteiger partial charge in [-0.05, 0) is 0 Å². The van der Waals surface area contributed by atoms with Gasteiger partial charge in [-0.15, -0.1) is 0 Å². The molecule has 0 fully saturated rings. The van der Waals surface area contributed by atoms with E-state index in [1.807, 2.05) is 0 Å². The molecule has 8 nitrogen and oxygen atoms in total. The standard InChI is InChI=1S/Nb.4H2O.4O.Ti.Y/h;4*1H2;;;;;;/q+5;;;;;4*-2;+4;+3/p-4. The van der Waals surface area contributed by atoms with Crippen LogP contribution in [0.1, 0.15) is 0 Å². The van der Waals surface area contributed by atoms with Gasteiger partial charge in [0.2, 0.25) is 0 Å². The average Bonchev–Trinajstić information content (AvgIpc) is 0. The van der Waals surface area contributed by atoms with Gasteiger partial charge in [0.15, 0.2) is 0 Å². The molecule has 0 saturated carbocycles. The SMILES string of the molecule is [Nb+5].[O-2].[O-2].[O-2].[O-2].[OH-].[OH-].[OH-].[OH-].[Ti+4].[Y+3]. The van der Waals surface area contributed by atoms with E-state index in [2.05, 4.69) is 0 Å². The molecule has 0 rings (SSSR count). The predicted molar refractivity (Wildman–Crippen MR) is 10.5 cm³/mol. The zero-order chi connectivity index (χ0) is 0. The van der Waals surface area contributed by atoms with Crippen molar-refractivity contribution in [2.45, 2.75) is 0 Å². The summed E-state index contributed by atoms with van der Waals surface area (Å²) in [5.41, 5.74) is 0. The van der Waals surface area contributed by atoms with E-state index >= 15 is 0 Å². The predicted octanol–water partition coefficient (Wildman–Crippen LogP) is -1.19. The second kappa shape index (κ2) is 308. The van der Waals surface area contributed by atoms with Crippen molar-refractivity contribution < 1.29 is 121 Å². The third-order valence-corrected chi connectivity index (χ3v) is 0. The summed E-state index contributed by atoms with van der Waals surface area (Å²) in [5.74, 6) is 0. The Hall–Kier alpha value is 2.24. The van der Waals surface area contributed by atoms with Crippen LogP contribution >= 0.6 is 0 Å². The Kier molecular flexibility index (Phi) is 11100. The van der Waals surface area contributed by atoms with Crippen molar-refractivity contribution in [1.29, 1.82) is 0 Å². The van der Waals surface area contributed by atoms with Gasteiger partial charge in [-0.2, -0.15) is 0 Å². The molecule has 0 aromatic carbocycles. The summed E-state index contributed by atoms with van der Waals surface area (Å²) in [6.07, 6.45) is 0. The van der Waals surface area contributed by atoms with Gasteiger partial charge in [-0.3, -0.25) is 0 Å². The van der Waals surface area contributed by atoms with E-state index in [-0.39, 0.29) is 121 Å². The molecule has 0 bridgehead atoms. The summed E-state index contributed by atoms with van der Waals surface area (Å²) in [7, 11) is 0. The van der Waals surface area contributed by atoms with E-state index in [1.54, 1.807) is 0 Å². The van der Waals surface area contributed by atoms with Crippen LogP contribution in [-0.4, -0.2) is 21.9 Å². The van der Waals surface area contributed by atoms with Crippen molar-refractivity contribution in [1.82, 2.24) is 0 Å². The Bertz CT molecular complexity index is 14.1. The van der Waals surface area contributed by atoms with E-state index in [1.165, 1.54) is 0 Å². The van der Waals surface area contributed by atoms with Crippen molar-refractivity contribution in [3.63, 3.8) is 0 Å². The van der Waals surface area contributed by atoms with Gasteiger partial charge in [-0.25, -0.2) is 0 Å². The average molecular weight is 362 g/mol. The molecular formula is H4NbO8TiY. The summed E-state index contributed by atoms with van der Waals surface area (Å²) in [6, 6.07) is 0. The van der Waals surface area contributed by atoms with E-state index < -0.39 is 0 Å². The summed E-state index contributed by atoms with van der Waals surface area (Å²) in [5, 5.41) is 0. The molecule has 11 heavy (non-hydrogen) atoms. The van der Waals surface area contributed by atoms with Crippen LogP contribution in [0.15, 0.2) is 0 Å². The minimum Gasteiger partial charge on any atom is -2.00 e. The fourth-order valence-corrected chi connectivity index (χ4v) is 0. The van der Waals surface area contributed by atoms with Crippen molar-refractivity contribution in [2.24, 2.45) is 0 Å². The van der Waals surface area contributed by atoms with Crippen molar-refractivity contribution in [3.8, 4) is 0 Å². The van der Waals surface area contributed by atoms with Crippen molar-refractivity contribution >= 4 is 0 Å². The van der Waals surface area contributed by atoms with Crippen molar-refractivity contribution in [2.75, 3.05) is 0 Å². The summed E-state index contributed by atoms with van der Waals surface area (Å²) in [6.45, 7) is 0. The molecule has 64 valence electrons. The van der Waals surface area contributed by atoms with Crippen molar-refractivity contribution in [3.05, 3.63) is 0 Å². The molecule has 0 atom stereocenters.